The molecule has 0 saturated heterocycles. The molecule has 0 aromatic carbocycles. The molecule has 0 spiro atoms. The number of hydrogen-bond donors (Lipinski definition) is 1. The molecule has 1 fully saturated rings. The predicted molar refractivity (Wildman–Crippen MR) is 78.6 cm³/mol. The molecular formula is C15H23NO2S. The lowest BCUT2D eigenvalue weighted by Gasteiger charge is -2.21. The third kappa shape index (κ3) is 3.57. The largest absolute Gasteiger partial charge is 0.465 e. The van der Waals surface area contributed by atoms with Gasteiger partial charge in [0.2, 0.25) is 0 Å². The number of carbonyl (C=O) groups excluding carboxylic acids is 1. The Morgan fingerprint density at radius 2 is 2.16 bits per heavy atom. The Morgan fingerprint density at radius 3 is 2.68 bits per heavy atom. The fourth-order valence-electron chi connectivity index (χ4n) is 2.78. The van der Waals surface area contributed by atoms with Crippen LogP contribution in [-0.4, -0.2) is 18.6 Å². The van der Waals surface area contributed by atoms with Gasteiger partial charge in [0.25, 0.3) is 0 Å². The Kier molecular flexibility index (Phi) is 4.99. The van der Waals surface area contributed by atoms with Crippen molar-refractivity contribution in [3.8, 4) is 0 Å². The molecule has 2 rings (SSSR count). The van der Waals surface area contributed by atoms with E-state index in [-0.39, 0.29) is 12.0 Å². The van der Waals surface area contributed by atoms with E-state index in [0.717, 1.165) is 18.4 Å². The van der Waals surface area contributed by atoms with Crippen molar-refractivity contribution >= 4 is 17.3 Å². The summed E-state index contributed by atoms with van der Waals surface area (Å²) in [6.07, 6.45) is 4.85. The molecule has 4 heteroatoms. The Bertz CT molecular complexity index is 435. The minimum absolute atomic E-state index is 0.143. The van der Waals surface area contributed by atoms with Crippen LogP contribution in [0, 0.1) is 13.8 Å². The minimum Gasteiger partial charge on any atom is -0.465 e. The van der Waals surface area contributed by atoms with Crippen LogP contribution < -0.4 is 5.32 Å². The fraction of sp³-hybridized carbons (Fsp3) is 0.667. The van der Waals surface area contributed by atoms with Crippen molar-refractivity contribution < 1.29 is 9.53 Å². The van der Waals surface area contributed by atoms with Gasteiger partial charge in [0.1, 0.15) is 6.04 Å². The molecule has 0 radical (unpaired) electrons. The quantitative estimate of drug-likeness (QED) is 0.839. The molecular weight excluding hydrogens is 258 g/mol. The van der Waals surface area contributed by atoms with Gasteiger partial charge in [0, 0.05) is 15.8 Å². The molecule has 1 N–H and O–H groups in total. The first-order valence-corrected chi connectivity index (χ1v) is 7.93. The summed E-state index contributed by atoms with van der Waals surface area (Å²) in [7, 11) is 0. The van der Waals surface area contributed by atoms with Crippen molar-refractivity contribution in [2.24, 2.45) is 0 Å². The molecule has 1 aromatic rings. The van der Waals surface area contributed by atoms with Crippen LogP contribution in [-0.2, 0) is 9.53 Å². The SMILES string of the molecule is CCOC(=O)C(NC1CCCC1)c1cc(C)sc1C. The number of nitrogens with one attached hydrogen (secondary N) is 1. The summed E-state index contributed by atoms with van der Waals surface area (Å²) in [6.45, 7) is 6.45. The van der Waals surface area contributed by atoms with Gasteiger partial charge in [-0.1, -0.05) is 12.8 Å². The zero-order chi connectivity index (χ0) is 13.8. The molecule has 1 aromatic heterocycles. The maximum Gasteiger partial charge on any atom is 0.327 e. The molecule has 1 aliphatic rings. The number of carbonyl (C=O) groups is 1. The van der Waals surface area contributed by atoms with Gasteiger partial charge in [-0.2, -0.15) is 0 Å². The third-order valence-corrected chi connectivity index (χ3v) is 4.65. The summed E-state index contributed by atoms with van der Waals surface area (Å²) in [5.74, 6) is -0.143. The monoisotopic (exact) mass is 281 g/mol. The van der Waals surface area contributed by atoms with Gasteiger partial charge < -0.3 is 4.74 Å². The third-order valence-electron chi connectivity index (χ3n) is 3.67. The van der Waals surface area contributed by atoms with E-state index in [9.17, 15) is 4.79 Å². The number of thiophene rings is 1. The summed E-state index contributed by atoms with van der Waals surface area (Å²) < 4.78 is 5.24. The topological polar surface area (TPSA) is 38.3 Å². The second-order valence-electron chi connectivity index (χ2n) is 5.20. The number of aryl methyl sites for hydroxylation is 2. The van der Waals surface area contributed by atoms with Crippen molar-refractivity contribution in [3.63, 3.8) is 0 Å². The van der Waals surface area contributed by atoms with Gasteiger partial charge in [0.15, 0.2) is 0 Å². The summed E-state index contributed by atoms with van der Waals surface area (Å²) in [5, 5.41) is 3.50. The Hall–Kier alpha value is -0.870. The fourth-order valence-corrected chi connectivity index (χ4v) is 3.74. The maximum absolute atomic E-state index is 12.2. The zero-order valence-corrected chi connectivity index (χ0v) is 12.8. The maximum atomic E-state index is 12.2. The van der Waals surface area contributed by atoms with E-state index in [1.165, 1.54) is 22.6 Å². The van der Waals surface area contributed by atoms with E-state index >= 15 is 0 Å². The molecule has 19 heavy (non-hydrogen) atoms. The van der Waals surface area contributed by atoms with Crippen LogP contribution in [0.4, 0.5) is 0 Å². The molecule has 1 heterocycles. The number of esters is 1. The molecule has 1 saturated carbocycles. The summed E-state index contributed by atoms with van der Waals surface area (Å²) in [6, 6.07) is 2.27. The normalized spacial score (nSPS) is 17.6. The van der Waals surface area contributed by atoms with Crippen LogP contribution in [0.25, 0.3) is 0 Å². The Labute approximate surface area is 119 Å². The van der Waals surface area contributed by atoms with Crippen LogP contribution in [0.1, 0.15) is 54.0 Å². The van der Waals surface area contributed by atoms with Gasteiger partial charge in [-0.25, -0.2) is 4.79 Å². The molecule has 1 aliphatic carbocycles. The molecule has 106 valence electrons. The summed E-state index contributed by atoms with van der Waals surface area (Å²) >= 11 is 1.74. The first-order valence-electron chi connectivity index (χ1n) is 7.11. The van der Waals surface area contributed by atoms with Crippen LogP contribution in [0.2, 0.25) is 0 Å². The van der Waals surface area contributed by atoms with E-state index in [1.807, 2.05) is 6.92 Å². The standard InChI is InChI=1S/C15H23NO2S/c1-4-18-15(17)14(16-12-7-5-6-8-12)13-9-10(2)19-11(13)3/h9,12,14,16H,4-8H2,1-3H3. The smallest absolute Gasteiger partial charge is 0.327 e. The van der Waals surface area contributed by atoms with Crippen molar-refractivity contribution in [2.45, 2.75) is 58.5 Å². The van der Waals surface area contributed by atoms with E-state index < -0.39 is 0 Å². The van der Waals surface area contributed by atoms with E-state index in [2.05, 4.69) is 25.2 Å². The summed E-state index contributed by atoms with van der Waals surface area (Å²) in [4.78, 5) is 14.7. The number of rotatable bonds is 5. The zero-order valence-electron chi connectivity index (χ0n) is 12.0. The molecule has 0 bridgehead atoms. The van der Waals surface area contributed by atoms with E-state index in [1.54, 1.807) is 11.3 Å². The Balaban J connectivity index is 2.17. The van der Waals surface area contributed by atoms with Gasteiger partial charge in [-0.15, -0.1) is 11.3 Å². The highest BCUT2D eigenvalue weighted by Gasteiger charge is 2.28. The molecule has 1 unspecified atom stereocenters. The first-order chi connectivity index (χ1) is 9.11. The molecule has 1 atom stereocenters. The van der Waals surface area contributed by atoms with E-state index in [0.29, 0.717) is 12.6 Å². The molecule has 3 nitrogen and oxygen atoms in total. The van der Waals surface area contributed by atoms with Gasteiger partial charge in [0.05, 0.1) is 6.61 Å². The minimum atomic E-state index is -0.298. The highest BCUT2D eigenvalue weighted by Crippen LogP contribution is 2.29. The van der Waals surface area contributed by atoms with Crippen molar-refractivity contribution in [2.75, 3.05) is 6.61 Å². The lowest BCUT2D eigenvalue weighted by atomic mass is 10.1. The molecule has 0 amide bonds. The average Bonchev–Trinajstić information content (AvgIpc) is 2.96. The second-order valence-corrected chi connectivity index (χ2v) is 6.66. The molecule has 0 aliphatic heterocycles. The lowest BCUT2D eigenvalue weighted by Crippen LogP contribution is -2.36. The summed E-state index contributed by atoms with van der Waals surface area (Å²) in [5.41, 5.74) is 1.09. The van der Waals surface area contributed by atoms with Crippen LogP contribution >= 0.6 is 11.3 Å². The number of ether oxygens (including phenoxy) is 1. The van der Waals surface area contributed by atoms with Crippen molar-refractivity contribution in [1.82, 2.24) is 5.32 Å². The highest BCUT2D eigenvalue weighted by molar-refractivity contribution is 7.12. The lowest BCUT2D eigenvalue weighted by molar-refractivity contribution is -0.146. The van der Waals surface area contributed by atoms with E-state index in [4.69, 9.17) is 4.74 Å². The van der Waals surface area contributed by atoms with Crippen LogP contribution in [0.15, 0.2) is 6.07 Å². The Morgan fingerprint density at radius 1 is 1.47 bits per heavy atom. The highest BCUT2D eigenvalue weighted by atomic mass is 32.1. The predicted octanol–water partition coefficient (Wildman–Crippen LogP) is 3.50. The van der Waals surface area contributed by atoms with Crippen molar-refractivity contribution in [1.29, 1.82) is 0 Å². The first kappa shape index (κ1) is 14.5. The number of hydrogen-bond acceptors (Lipinski definition) is 4. The van der Waals surface area contributed by atoms with Gasteiger partial charge >= 0.3 is 5.97 Å². The van der Waals surface area contributed by atoms with Gasteiger partial charge in [-0.05, 0) is 45.2 Å². The van der Waals surface area contributed by atoms with Gasteiger partial charge in [-0.3, -0.25) is 5.32 Å². The second kappa shape index (κ2) is 6.53. The van der Waals surface area contributed by atoms with Crippen LogP contribution in [0.5, 0.6) is 0 Å². The van der Waals surface area contributed by atoms with Crippen molar-refractivity contribution in [3.05, 3.63) is 21.4 Å². The average molecular weight is 281 g/mol. The van der Waals surface area contributed by atoms with Crippen LogP contribution in [0.3, 0.4) is 0 Å².